The molecule has 18 heteroatoms. The molecule has 0 radical (unpaired) electrons. The molecule has 16 nitrogen and oxygen atoms in total. The molecule has 4 unspecified atom stereocenters. The molecule has 28 heavy (non-hydrogen) atoms. The lowest BCUT2D eigenvalue weighted by Gasteiger charge is -2.36. The largest absolute Gasteiger partial charge is 0.822 e. The number of carbonyl (C=O) groups is 1. The number of nitrogens with zero attached hydrogens (tertiary/aromatic N) is 2. The van der Waals surface area contributed by atoms with Crippen LogP contribution in [0.15, 0.2) is 17.2 Å². The predicted molar refractivity (Wildman–Crippen MR) is 73.8 cm³/mol. The minimum atomic E-state index is -5.39. The first-order valence-corrected chi connectivity index (χ1v) is 9.70. The molecule has 1 aromatic heterocycles. The van der Waals surface area contributed by atoms with E-state index in [0.717, 1.165) is 4.57 Å². The number of phosphoric acid groups is 2. The maximum absolute atomic E-state index is 11.9. The Morgan fingerprint density at radius 1 is 1.14 bits per heavy atom. The molecule has 0 bridgehead atoms. The van der Waals surface area contributed by atoms with Gasteiger partial charge in [0.15, 0.2) is 11.9 Å². The molecule has 0 spiro atoms. The maximum atomic E-state index is 11.9. The summed E-state index contributed by atoms with van der Waals surface area (Å²) in [5.74, 6) is -0.963. The molecule has 4 N–H and O–H groups in total. The second-order valence-corrected chi connectivity index (χ2v) is 6.75. The fourth-order valence-electron chi connectivity index (χ4n) is 1.85. The molecular weight excluding hydrogens is 432 g/mol. The van der Waals surface area contributed by atoms with Crippen molar-refractivity contribution in [2.24, 2.45) is 5.73 Å². The van der Waals surface area contributed by atoms with E-state index in [2.05, 4.69) is 4.98 Å². The van der Waals surface area contributed by atoms with Crippen molar-refractivity contribution >= 4 is 21.6 Å². The summed E-state index contributed by atoms with van der Waals surface area (Å²) in [5.41, 5.74) is 3.79. The van der Waals surface area contributed by atoms with Crippen molar-refractivity contribution in [3.63, 3.8) is 0 Å². The first-order valence-electron chi connectivity index (χ1n) is 6.78. The summed E-state index contributed by atoms with van der Waals surface area (Å²) in [7, 11) is -10.8. The lowest BCUT2D eigenvalue weighted by Crippen LogP contribution is -2.37. The maximum Gasteiger partial charge on any atom is 0.284 e. The van der Waals surface area contributed by atoms with Crippen LogP contribution in [0.25, 0.3) is 0 Å². The highest BCUT2D eigenvalue weighted by molar-refractivity contribution is 7.40. The summed E-state index contributed by atoms with van der Waals surface area (Å²) >= 11 is 0. The van der Waals surface area contributed by atoms with Gasteiger partial charge >= 0.3 is 0 Å². The van der Waals surface area contributed by atoms with Crippen molar-refractivity contribution in [2.75, 3.05) is 0 Å². The number of hydrogen-bond acceptors (Lipinski definition) is 14. The molecule has 162 valence electrons. The molecule has 1 amide bonds. The second-order valence-electron chi connectivity index (χ2n) is 4.96. The number of amides is 1. The monoisotopic (exact) mass is 445 g/mol. The third-order valence-electron chi connectivity index (χ3n) is 2.85. The van der Waals surface area contributed by atoms with E-state index in [9.17, 15) is 19.8 Å². The molecule has 2 rings (SSSR count). The van der Waals surface area contributed by atoms with E-state index in [1.54, 1.807) is 6.92 Å². The van der Waals surface area contributed by atoms with Crippen molar-refractivity contribution in [2.45, 2.75) is 31.5 Å². The zero-order valence-corrected chi connectivity index (χ0v) is 15.5. The Kier molecular flexibility index (Phi) is 9.72. The highest BCUT2D eigenvalue weighted by atomic mass is 31.2. The summed E-state index contributed by atoms with van der Waals surface area (Å²) < 4.78 is 23.4. The van der Waals surface area contributed by atoms with Gasteiger partial charge < -0.3 is 59.2 Å². The SMILES string of the molecule is CC1OC(n2ccnc(C(N)=O)c2=O)C(O)C1O.O=P([O-])([O-])[O-].O=P([O-])([O-])[O-]. The summed E-state index contributed by atoms with van der Waals surface area (Å²) in [6, 6.07) is 0. The first-order chi connectivity index (χ1) is 12.4. The van der Waals surface area contributed by atoms with Gasteiger partial charge in [0, 0.05) is 12.4 Å². The van der Waals surface area contributed by atoms with Crippen LogP contribution in [-0.4, -0.2) is 44.0 Å². The van der Waals surface area contributed by atoms with Crippen LogP contribution in [0.4, 0.5) is 0 Å². The Hall–Kier alpha value is -1.55. The molecule has 1 aliphatic heterocycles. The zero-order valence-electron chi connectivity index (χ0n) is 13.7. The average Bonchev–Trinajstić information content (AvgIpc) is 2.71. The van der Waals surface area contributed by atoms with E-state index in [1.807, 2.05) is 0 Å². The van der Waals surface area contributed by atoms with Crippen LogP contribution in [-0.2, 0) is 13.9 Å². The van der Waals surface area contributed by atoms with Gasteiger partial charge in [-0.2, -0.15) is 15.6 Å². The van der Waals surface area contributed by atoms with Gasteiger partial charge in [-0.15, -0.1) is 0 Å². The number of aliphatic hydroxyl groups excluding tert-OH is 2. The Labute approximate surface area is 156 Å². The molecule has 1 aliphatic rings. The number of ether oxygens (including phenoxy) is 1. The van der Waals surface area contributed by atoms with E-state index in [0.29, 0.717) is 0 Å². The smallest absolute Gasteiger partial charge is 0.284 e. The van der Waals surface area contributed by atoms with Gasteiger partial charge in [-0.05, 0) is 6.92 Å². The predicted octanol–water partition coefficient (Wildman–Crippen LogP) is -7.67. The van der Waals surface area contributed by atoms with Crippen LogP contribution in [0, 0.1) is 0 Å². The number of aromatic nitrogens is 2. The summed E-state index contributed by atoms with van der Waals surface area (Å²) in [4.78, 5) is 77.7. The number of rotatable bonds is 2. The second kappa shape index (κ2) is 10.3. The van der Waals surface area contributed by atoms with Crippen molar-refractivity contribution in [3.05, 3.63) is 28.4 Å². The Morgan fingerprint density at radius 2 is 1.57 bits per heavy atom. The molecule has 2 heterocycles. The third-order valence-corrected chi connectivity index (χ3v) is 2.85. The van der Waals surface area contributed by atoms with Crippen LogP contribution in [0.5, 0.6) is 0 Å². The molecule has 0 aromatic carbocycles. The van der Waals surface area contributed by atoms with Gasteiger partial charge in [0.1, 0.15) is 12.2 Å². The molecule has 1 fully saturated rings. The van der Waals surface area contributed by atoms with Crippen LogP contribution in [0.2, 0.25) is 0 Å². The topological polar surface area (TPSA) is 300 Å². The van der Waals surface area contributed by atoms with Gasteiger partial charge in [0.05, 0.1) is 6.10 Å². The lowest BCUT2D eigenvalue weighted by molar-refractivity contribution is -0.434. The molecular formula is C10H13N3O13P2-6. The first kappa shape index (κ1) is 26.4. The van der Waals surface area contributed by atoms with E-state index in [4.69, 9.17) is 49.0 Å². The Bertz CT molecular complexity index is 780. The normalized spacial score (nSPS) is 24.5. The zero-order chi connectivity index (χ0) is 22.4. The third kappa shape index (κ3) is 10.1. The van der Waals surface area contributed by atoms with Gasteiger partial charge in [0.2, 0.25) is 0 Å². The van der Waals surface area contributed by atoms with Crippen molar-refractivity contribution in [1.82, 2.24) is 9.55 Å². The molecule has 1 saturated heterocycles. The number of primary amides is 1. The van der Waals surface area contributed by atoms with Crippen molar-refractivity contribution in [3.8, 4) is 0 Å². The summed E-state index contributed by atoms with van der Waals surface area (Å²) in [6.07, 6.45) is -1.60. The van der Waals surface area contributed by atoms with E-state index in [1.165, 1.54) is 12.4 Å². The van der Waals surface area contributed by atoms with Gasteiger partial charge in [-0.3, -0.25) is 14.2 Å². The van der Waals surface area contributed by atoms with Crippen LogP contribution in [0.3, 0.4) is 0 Å². The van der Waals surface area contributed by atoms with Gasteiger partial charge in [-0.1, -0.05) is 0 Å². The van der Waals surface area contributed by atoms with Gasteiger partial charge in [0.25, 0.3) is 11.5 Å². The van der Waals surface area contributed by atoms with Crippen LogP contribution >= 0.6 is 15.6 Å². The number of carbonyl (C=O) groups excluding carboxylic acids is 1. The molecule has 0 saturated carbocycles. The van der Waals surface area contributed by atoms with Gasteiger partial charge in [-0.25, -0.2) is 4.98 Å². The van der Waals surface area contributed by atoms with Crippen LogP contribution < -0.4 is 40.7 Å². The minimum Gasteiger partial charge on any atom is -0.822 e. The molecule has 4 atom stereocenters. The number of aliphatic hydroxyl groups is 2. The Balaban J connectivity index is 0.000000607. The van der Waals surface area contributed by atoms with Crippen molar-refractivity contribution < 1.29 is 58.2 Å². The highest BCUT2D eigenvalue weighted by Gasteiger charge is 2.41. The van der Waals surface area contributed by atoms with E-state index < -0.39 is 57.3 Å². The van der Waals surface area contributed by atoms with Crippen LogP contribution in [0.1, 0.15) is 23.6 Å². The van der Waals surface area contributed by atoms with E-state index >= 15 is 0 Å². The fraction of sp³-hybridized carbons (Fsp3) is 0.500. The standard InChI is InChI=1S/C10H13N3O5.2H3O4P/c1-4-6(14)7(15)10(18-4)13-3-2-12-5(8(11)16)9(13)17;2*1-5(2,3)4/h2-4,6-7,10,14-15H,1H3,(H2,11,16);2*(H3,1,2,3,4)/p-6. The van der Waals surface area contributed by atoms with E-state index in [-0.39, 0.29) is 0 Å². The number of hydrogen-bond donors (Lipinski definition) is 3. The van der Waals surface area contributed by atoms with Crippen molar-refractivity contribution in [1.29, 1.82) is 0 Å². The number of nitrogens with two attached hydrogens (primary N) is 1. The quantitative estimate of drug-likeness (QED) is 0.356. The summed E-state index contributed by atoms with van der Waals surface area (Å²) in [5, 5.41) is 19.3. The highest BCUT2D eigenvalue weighted by Crippen LogP contribution is 2.27. The summed E-state index contributed by atoms with van der Waals surface area (Å²) in [6.45, 7) is 1.56. The molecule has 0 aliphatic carbocycles. The molecule has 1 aromatic rings. The minimum absolute atomic E-state index is 0.442. The lowest BCUT2D eigenvalue weighted by atomic mass is 10.1. The Morgan fingerprint density at radius 3 is 1.89 bits per heavy atom. The average molecular weight is 445 g/mol. The fourth-order valence-corrected chi connectivity index (χ4v) is 1.85.